The van der Waals surface area contributed by atoms with Gasteiger partial charge in [0.25, 0.3) is 0 Å². The largest absolute Gasteiger partial charge is 0.488 e. The highest BCUT2D eigenvalue weighted by Crippen LogP contribution is 2.23. The van der Waals surface area contributed by atoms with Crippen molar-refractivity contribution >= 4 is 11.3 Å². The predicted molar refractivity (Wildman–Crippen MR) is 72.7 cm³/mol. The number of hydrogen-bond acceptors (Lipinski definition) is 4. The number of aromatic nitrogens is 1. The molecule has 0 spiro atoms. The molecule has 3 nitrogen and oxygen atoms in total. The van der Waals surface area contributed by atoms with Gasteiger partial charge in [-0.2, -0.15) is 0 Å². The van der Waals surface area contributed by atoms with Crippen LogP contribution in [0.1, 0.15) is 23.3 Å². The van der Waals surface area contributed by atoms with Crippen LogP contribution >= 0.6 is 11.3 Å². The van der Waals surface area contributed by atoms with Crippen LogP contribution in [0.15, 0.2) is 36.0 Å². The van der Waals surface area contributed by atoms with Crippen molar-refractivity contribution in [3.05, 3.63) is 46.4 Å². The standard InChI is InChI=1S/C14H16N2OS/c1-2-13(18-7-1)10-17-14-5-6-15-8-11(14)9-16-12-3-4-12/h1-2,5-8,12,16H,3-4,9-10H2. The van der Waals surface area contributed by atoms with Gasteiger partial charge in [0.2, 0.25) is 0 Å². The van der Waals surface area contributed by atoms with Gasteiger partial charge < -0.3 is 10.1 Å². The maximum atomic E-state index is 5.86. The van der Waals surface area contributed by atoms with Gasteiger partial charge in [0.1, 0.15) is 12.4 Å². The topological polar surface area (TPSA) is 34.1 Å². The van der Waals surface area contributed by atoms with Gasteiger partial charge in [-0.3, -0.25) is 4.98 Å². The minimum atomic E-state index is 0.637. The van der Waals surface area contributed by atoms with E-state index in [0.29, 0.717) is 12.6 Å². The van der Waals surface area contributed by atoms with Crippen molar-refractivity contribution in [1.29, 1.82) is 0 Å². The Morgan fingerprint density at radius 3 is 3.11 bits per heavy atom. The van der Waals surface area contributed by atoms with Gasteiger partial charge >= 0.3 is 0 Å². The van der Waals surface area contributed by atoms with Crippen molar-refractivity contribution in [3.63, 3.8) is 0 Å². The van der Waals surface area contributed by atoms with E-state index in [9.17, 15) is 0 Å². The summed E-state index contributed by atoms with van der Waals surface area (Å²) < 4.78 is 5.86. The van der Waals surface area contributed by atoms with Gasteiger partial charge in [0.05, 0.1) is 0 Å². The van der Waals surface area contributed by atoms with Crippen LogP contribution in [0.4, 0.5) is 0 Å². The van der Waals surface area contributed by atoms with Crippen LogP contribution in [-0.4, -0.2) is 11.0 Å². The van der Waals surface area contributed by atoms with Crippen LogP contribution in [0.5, 0.6) is 5.75 Å². The summed E-state index contributed by atoms with van der Waals surface area (Å²) in [7, 11) is 0. The van der Waals surface area contributed by atoms with Gasteiger partial charge in [-0.05, 0) is 30.4 Å². The lowest BCUT2D eigenvalue weighted by molar-refractivity contribution is 0.305. The second-order valence-corrected chi connectivity index (χ2v) is 5.54. The van der Waals surface area contributed by atoms with E-state index < -0.39 is 0 Å². The first-order chi connectivity index (χ1) is 8.92. The predicted octanol–water partition coefficient (Wildman–Crippen LogP) is 2.97. The van der Waals surface area contributed by atoms with Crippen molar-refractivity contribution < 1.29 is 4.74 Å². The number of pyridine rings is 1. The quantitative estimate of drug-likeness (QED) is 0.867. The van der Waals surface area contributed by atoms with Gasteiger partial charge in [-0.25, -0.2) is 0 Å². The second-order valence-electron chi connectivity index (χ2n) is 4.51. The first kappa shape index (κ1) is 11.7. The molecule has 0 saturated heterocycles. The van der Waals surface area contributed by atoms with Crippen LogP contribution in [-0.2, 0) is 13.2 Å². The van der Waals surface area contributed by atoms with E-state index in [2.05, 4.69) is 21.7 Å². The third-order valence-electron chi connectivity index (χ3n) is 2.97. The van der Waals surface area contributed by atoms with Crippen LogP contribution in [0.2, 0.25) is 0 Å². The average molecular weight is 260 g/mol. The van der Waals surface area contributed by atoms with Crippen LogP contribution in [0.3, 0.4) is 0 Å². The van der Waals surface area contributed by atoms with E-state index in [4.69, 9.17) is 4.74 Å². The molecule has 1 N–H and O–H groups in total. The summed E-state index contributed by atoms with van der Waals surface area (Å²) in [5.74, 6) is 0.937. The number of hydrogen-bond donors (Lipinski definition) is 1. The van der Waals surface area contributed by atoms with E-state index in [1.54, 1.807) is 17.5 Å². The molecule has 0 amide bonds. The molecule has 0 unspecified atom stereocenters. The number of rotatable bonds is 6. The molecule has 0 radical (unpaired) electrons. The molecule has 0 aliphatic heterocycles. The molecule has 2 aromatic rings. The van der Waals surface area contributed by atoms with Gasteiger partial charge in [-0.15, -0.1) is 11.3 Å². The summed E-state index contributed by atoms with van der Waals surface area (Å²) in [6.45, 7) is 1.48. The summed E-state index contributed by atoms with van der Waals surface area (Å²) in [5, 5.41) is 5.56. The minimum Gasteiger partial charge on any atom is -0.488 e. The highest BCUT2D eigenvalue weighted by atomic mass is 32.1. The highest BCUT2D eigenvalue weighted by molar-refractivity contribution is 7.09. The maximum Gasteiger partial charge on any atom is 0.127 e. The number of nitrogens with zero attached hydrogens (tertiary/aromatic N) is 1. The molecule has 1 aliphatic rings. The lowest BCUT2D eigenvalue weighted by Crippen LogP contribution is -2.16. The second kappa shape index (κ2) is 5.50. The number of ether oxygens (including phenoxy) is 1. The molecule has 2 aromatic heterocycles. The summed E-state index contributed by atoms with van der Waals surface area (Å²) in [6, 6.07) is 6.78. The molecular formula is C14H16N2OS. The summed E-state index contributed by atoms with van der Waals surface area (Å²) in [5.41, 5.74) is 1.14. The molecule has 1 saturated carbocycles. The summed E-state index contributed by atoms with van der Waals surface area (Å²) in [6.07, 6.45) is 6.26. The minimum absolute atomic E-state index is 0.637. The Balaban J connectivity index is 1.62. The normalized spacial score (nSPS) is 14.7. The highest BCUT2D eigenvalue weighted by Gasteiger charge is 2.20. The smallest absolute Gasteiger partial charge is 0.127 e. The molecule has 0 aromatic carbocycles. The SMILES string of the molecule is c1csc(COc2ccncc2CNC2CC2)c1. The molecule has 1 aliphatic carbocycles. The fourth-order valence-electron chi connectivity index (χ4n) is 1.77. The molecule has 4 heteroatoms. The van der Waals surface area contributed by atoms with Crippen molar-refractivity contribution in [2.75, 3.05) is 0 Å². The zero-order valence-corrected chi connectivity index (χ0v) is 11.0. The zero-order valence-electron chi connectivity index (χ0n) is 10.1. The fourth-order valence-corrected chi connectivity index (χ4v) is 2.39. The molecule has 3 rings (SSSR count). The van der Waals surface area contributed by atoms with Crippen molar-refractivity contribution in [2.45, 2.75) is 32.0 Å². The molecular weight excluding hydrogens is 244 g/mol. The van der Waals surface area contributed by atoms with Gasteiger partial charge in [-0.1, -0.05) is 6.07 Å². The Morgan fingerprint density at radius 2 is 2.33 bits per heavy atom. The third-order valence-corrected chi connectivity index (χ3v) is 3.82. The Bertz CT molecular complexity index is 494. The van der Waals surface area contributed by atoms with Gasteiger partial charge in [0, 0.05) is 35.4 Å². The number of nitrogens with one attached hydrogen (secondary N) is 1. The summed E-state index contributed by atoms with van der Waals surface area (Å²) >= 11 is 1.72. The van der Waals surface area contributed by atoms with Crippen molar-refractivity contribution in [2.24, 2.45) is 0 Å². The molecule has 0 atom stereocenters. The van der Waals surface area contributed by atoms with E-state index in [1.807, 2.05) is 18.3 Å². The van der Waals surface area contributed by atoms with Gasteiger partial charge in [0.15, 0.2) is 0 Å². The first-order valence-electron chi connectivity index (χ1n) is 6.23. The fraction of sp³-hybridized carbons (Fsp3) is 0.357. The Morgan fingerprint density at radius 1 is 1.39 bits per heavy atom. The monoisotopic (exact) mass is 260 g/mol. The van der Waals surface area contributed by atoms with E-state index in [-0.39, 0.29) is 0 Å². The third kappa shape index (κ3) is 3.09. The molecule has 94 valence electrons. The Labute approximate surface area is 111 Å². The molecule has 0 bridgehead atoms. The average Bonchev–Trinajstić information content (AvgIpc) is 3.09. The van der Waals surface area contributed by atoms with Crippen LogP contribution < -0.4 is 10.1 Å². The zero-order chi connectivity index (χ0) is 12.2. The molecule has 18 heavy (non-hydrogen) atoms. The lowest BCUT2D eigenvalue weighted by Gasteiger charge is -2.10. The van der Waals surface area contributed by atoms with E-state index in [0.717, 1.165) is 17.9 Å². The van der Waals surface area contributed by atoms with Crippen LogP contribution in [0, 0.1) is 0 Å². The summed E-state index contributed by atoms with van der Waals surface area (Å²) in [4.78, 5) is 5.41. The lowest BCUT2D eigenvalue weighted by atomic mass is 10.2. The van der Waals surface area contributed by atoms with E-state index >= 15 is 0 Å². The molecule has 2 heterocycles. The molecule has 1 fully saturated rings. The van der Waals surface area contributed by atoms with Crippen molar-refractivity contribution in [1.82, 2.24) is 10.3 Å². The first-order valence-corrected chi connectivity index (χ1v) is 7.11. The van der Waals surface area contributed by atoms with E-state index in [1.165, 1.54) is 17.7 Å². The maximum absolute atomic E-state index is 5.86. The number of thiophene rings is 1. The van der Waals surface area contributed by atoms with Crippen LogP contribution in [0.25, 0.3) is 0 Å². The van der Waals surface area contributed by atoms with Crippen molar-refractivity contribution in [3.8, 4) is 5.75 Å². The Hall–Kier alpha value is -1.39. The Kier molecular flexibility index (Phi) is 3.57.